The largest absolute Gasteiger partial charge is 0.462 e. The quantitative estimate of drug-likeness (QED) is 0.686. The van der Waals surface area contributed by atoms with Gasteiger partial charge in [-0.25, -0.2) is 4.79 Å². The van der Waals surface area contributed by atoms with E-state index in [2.05, 4.69) is 6.07 Å². The van der Waals surface area contributed by atoms with Crippen molar-refractivity contribution in [3.63, 3.8) is 0 Å². The average molecular weight is 334 g/mol. The molecule has 0 fully saturated rings. The number of aromatic nitrogens is 1. The van der Waals surface area contributed by atoms with Crippen molar-refractivity contribution in [1.82, 2.24) is 4.57 Å². The molecule has 0 saturated carbocycles. The van der Waals surface area contributed by atoms with Gasteiger partial charge in [-0.2, -0.15) is 5.26 Å². The number of esters is 1. The lowest BCUT2D eigenvalue weighted by molar-refractivity contribution is 0.0526. The van der Waals surface area contributed by atoms with Crippen LogP contribution in [0.3, 0.4) is 0 Å². The molecule has 1 aliphatic heterocycles. The van der Waals surface area contributed by atoms with Crippen LogP contribution < -0.4 is 9.47 Å². The van der Waals surface area contributed by atoms with E-state index in [4.69, 9.17) is 14.2 Å². The highest BCUT2D eigenvalue weighted by Gasteiger charge is 2.19. The summed E-state index contributed by atoms with van der Waals surface area (Å²) in [5.41, 5.74) is 2.70. The minimum Gasteiger partial charge on any atom is -0.462 e. The predicted octanol–water partition coefficient (Wildman–Crippen LogP) is 3.41. The van der Waals surface area contributed by atoms with E-state index >= 15 is 0 Å². The van der Waals surface area contributed by atoms with Gasteiger partial charge >= 0.3 is 5.97 Å². The molecular weight excluding hydrogens is 320 g/mol. The van der Waals surface area contributed by atoms with E-state index in [0.717, 1.165) is 16.6 Å². The Balaban J connectivity index is 1.81. The van der Waals surface area contributed by atoms with Crippen LogP contribution in [0.4, 0.5) is 0 Å². The standard InChI is InChI=1S/C19H14N2O4/c1-2-23-19(22)12-3-5-14(6-4-12)21-10-13(9-20)15-7-17-18(8-16(15)21)25-11-24-17/h3-8,10H,2,11H2,1H3. The van der Waals surface area contributed by atoms with E-state index in [9.17, 15) is 10.1 Å². The van der Waals surface area contributed by atoms with Crippen LogP contribution in [0.2, 0.25) is 0 Å². The summed E-state index contributed by atoms with van der Waals surface area (Å²) in [5.74, 6) is 0.936. The molecule has 0 bridgehead atoms. The molecule has 0 amide bonds. The van der Waals surface area contributed by atoms with Gasteiger partial charge in [0.05, 0.1) is 23.3 Å². The first-order chi connectivity index (χ1) is 12.2. The maximum absolute atomic E-state index is 11.8. The second-order valence-corrected chi connectivity index (χ2v) is 5.51. The van der Waals surface area contributed by atoms with E-state index in [1.165, 1.54) is 0 Å². The first-order valence-corrected chi connectivity index (χ1v) is 7.83. The van der Waals surface area contributed by atoms with Gasteiger partial charge in [0.25, 0.3) is 0 Å². The highest BCUT2D eigenvalue weighted by atomic mass is 16.7. The van der Waals surface area contributed by atoms with Crippen molar-refractivity contribution >= 4 is 16.9 Å². The molecule has 0 spiro atoms. The van der Waals surface area contributed by atoms with Crippen molar-refractivity contribution in [2.24, 2.45) is 0 Å². The molecule has 3 aromatic rings. The fourth-order valence-electron chi connectivity index (χ4n) is 2.89. The summed E-state index contributed by atoms with van der Waals surface area (Å²) in [7, 11) is 0. The molecule has 0 N–H and O–H groups in total. The zero-order chi connectivity index (χ0) is 17.4. The summed E-state index contributed by atoms with van der Waals surface area (Å²) in [6, 6.07) is 12.9. The molecule has 0 saturated heterocycles. The van der Waals surface area contributed by atoms with Gasteiger partial charge in [-0.1, -0.05) is 0 Å². The summed E-state index contributed by atoms with van der Waals surface area (Å²) in [4.78, 5) is 11.8. The molecule has 124 valence electrons. The van der Waals surface area contributed by atoms with Gasteiger partial charge < -0.3 is 18.8 Å². The molecule has 1 aliphatic rings. The minimum atomic E-state index is -0.354. The smallest absolute Gasteiger partial charge is 0.338 e. The molecule has 6 heteroatoms. The Hall–Kier alpha value is -3.46. The van der Waals surface area contributed by atoms with Gasteiger partial charge in [-0.15, -0.1) is 0 Å². The lowest BCUT2D eigenvalue weighted by Crippen LogP contribution is -2.04. The molecule has 0 atom stereocenters. The molecule has 6 nitrogen and oxygen atoms in total. The Labute approximate surface area is 143 Å². The van der Waals surface area contributed by atoms with Gasteiger partial charge in [-0.05, 0) is 37.3 Å². The van der Waals surface area contributed by atoms with Crippen molar-refractivity contribution in [3.05, 3.63) is 53.7 Å². The van der Waals surface area contributed by atoms with Crippen LogP contribution in [0.1, 0.15) is 22.8 Å². The number of nitriles is 1. The Kier molecular flexibility index (Phi) is 3.55. The van der Waals surface area contributed by atoms with Crippen molar-refractivity contribution in [2.45, 2.75) is 6.92 Å². The van der Waals surface area contributed by atoms with Crippen LogP contribution in [0, 0.1) is 11.3 Å². The second-order valence-electron chi connectivity index (χ2n) is 5.51. The number of carbonyl (C=O) groups excluding carboxylic acids is 1. The SMILES string of the molecule is CCOC(=O)c1ccc(-n2cc(C#N)c3cc4c(cc32)OCO4)cc1. The summed E-state index contributed by atoms with van der Waals surface area (Å²) in [6.45, 7) is 2.28. The third kappa shape index (κ3) is 2.46. The maximum Gasteiger partial charge on any atom is 0.338 e. The third-order valence-electron chi connectivity index (χ3n) is 4.08. The van der Waals surface area contributed by atoms with Crippen molar-refractivity contribution in [1.29, 1.82) is 5.26 Å². The maximum atomic E-state index is 11.8. The van der Waals surface area contributed by atoms with Gasteiger partial charge in [0.15, 0.2) is 11.5 Å². The normalized spacial score (nSPS) is 12.2. The highest BCUT2D eigenvalue weighted by Crippen LogP contribution is 2.38. The van der Waals surface area contributed by atoms with Gasteiger partial charge in [-0.3, -0.25) is 0 Å². The Morgan fingerprint density at radius 1 is 1.24 bits per heavy atom. The molecule has 25 heavy (non-hydrogen) atoms. The van der Waals surface area contributed by atoms with E-state index in [1.807, 2.05) is 28.8 Å². The van der Waals surface area contributed by atoms with Crippen LogP contribution in [0.5, 0.6) is 11.5 Å². The van der Waals surface area contributed by atoms with Crippen LogP contribution >= 0.6 is 0 Å². The molecule has 2 heterocycles. The average Bonchev–Trinajstić information content (AvgIpc) is 3.23. The van der Waals surface area contributed by atoms with E-state index in [0.29, 0.717) is 29.2 Å². The first kappa shape index (κ1) is 15.1. The third-order valence-corrected chi connectivity index (χ3v) is 4.08. The fraction of sp³-hybridized carbons (Fsp3) is 0.158. The van der Waals surface area contributed by atoms with Crippen LogP contribution in [-0.2, 0) is 4.74 Å². The van der Waals surface area contributed by atoms with Gasteiger partial charge in [0.2, 0.25) is 6.79 Å². The summed E-state index contributed by atoms with van der Waals surface area (Å²) >= 11 is 0. The summed E-state index contributed by atoms with van der Waals surface area (Å²) < 4.78 is 17.7. The lowest BCUT2D eigenvalue weighted by atomic mass is 10.1. The summed E-state index contributed by atoms with van der Waals surface area (Å²) in [5, 5.41) is 10.2. The minimum absolute atomic E-state index is 0.179. The monoisotopic (exact) mass is 334 g/mol. The zero-order valence-electron chi connectivity index (χ0n) is 13.5. The van der Waals surface area contributed by atoms with Crippen LogP contribution in [-0.4, -0.2) is 23.9 Å². The van der Waals surface area contributed by atoms with E-state index in [-0.39, 0.29) is 12.8 Å². The van der Waals surface area contributed by atoms with Crippen molar-refractivity contribution < 1.29 is 19.0 Å². The Morgan fingerprint density at radius 3 is 2.64 bits per heavy atom. The zero-order valence-corrected chi connectivity index (χ0v) is 13.5. The number of fused-ring (bicyclic) bond motifs is 2. The number of carbonyl (C=O) groups is 1. The number of hydrogen-bond donors (Lipinski definition) is 0. The van der Waals surface area contributed by atoms with Gasteiger partial charge in [0.1, 0.15) is 6.07 Å². The number of ether oxygens (including phenoxy) is 3. The molecule has 1 aromatic heterocycles. The molecule has 0 aliphatic carbocycles. The van der Waals surface area contributed by atoms with Crippen molar-refractivity contribution in [2.75, 3.05) is 13.4 Å². The van der Waals surface area contributed by atoms with Crippen LogP contribution in [0.15, 0.2) is 42.6 Å². The molecule has 2 aromatic carbocycles. The Morgan fingerprint density at radius 2 is 1.96 bits per heavy atom. The fourth-order valence-corrected chi connectivity index (χ4v) is 2.89. The highest BCUT2D eigenvalue weighted by molar-refractivity contribution is 5.92. The van der Waals surface area contributed by atoms with Crippen molar-refractivity contribution in [3.8, 4) is 23.3 Å². The molecule has 0 unspecified atom stereocenters. The molecular formula is C19H14N2O4. The number of hydrogen-bond acceptors (Lipinski definition) is 5. The second kappa shape index (κ2) is 5.87. The number of benzene rings is 2. The molecule has 4 rings (SSSR count). The van der Waals surface area contributed by atoms with Crippen LogP contribution in [0.25, 0.3) is 16.6 Å². The Bertz CT molecular complexity index is 1010. The lowest BCUT2D eigenvalue weighted by Gasteiger charge is -2.07. The number of rotatable bonds is 3. The number of nitrogens with zero attached hydrogens (tertiary/aromatic N) is 2. The summed E-state index contributed by atoms with van der Waals surface area (Å²) in [6.07, 6.45) is 1.76. The van der Waals surface area contributed by atoms with Gasteiger partial charge in [0, 0.05) is 23.3 Å². The first-order valence-electron chi connectivity index (χ1n) is 7.83. The predicted molar refractivity (Wildman–Crippen MR) is 90.1 cm³/mol. The van der Waals surface area contributed by atoms with E-state index < -0.39 is 0 Å². The topological polar surface area (TPSA) is 73.5 Å². The molecule has 0 radical (unpaired) electrons. The van der Waals surface area contributed by atoms with E-state index in [1.54, 1.807) is 25.3 Å².